The second kappa shape index (κ2) is 7.58. The maximum absolute atomic E-state index is 13.3. The Balaban J connectivity index is 1.54. The maximum Gasteiger partial charge on any atom is 0.254 e. The molecule has 0 saturated carbocycles. The van der Waals surface area contributed by atoms with Crippen molar-refractivity contribution in [3.05, 3.63) is 71.0 Å². The molecule has 24 heavy (non-hydrogen) atoms. The van der Waals surface area contributed by atoms with Gasteiger partial charge in [0.25, 0.3) is 5.91 Å². The number of nitrogens with one attached hydrogen (secondary N) is 1. The molecule has 0 spiro atoms. The van der Waals surface area contributed by atoms with Crippen LogP contribution in [0, 0.1) is 5.82 Å². The number of amides is 1. The fraction of sp³-hybridized carbons (Fsp3) is 0.350. The lowest BCUT2D eigenvalue weighted by atomic mass is 10.1. The molecular weight excluding hydrogens is 303 g/mol. The van der Waals surface area contributed by atoms with Crippen LogP contribution in [0.1, 0.15) is 28.4 Å². The number of hydrogen-bond donors (Lipinski definition) is 1. The van der Waals surface area contributed by atoms with Crippen molar-refractivity contribution < 1.29 is 14.1 Å². The summed E-state index contributed by atoms with van der Waals surface area (Å²) in [5.41, 5.74) is 3.14. The first-order valence-electron chi connectivity index (χ1n) is 8.62. The molecule has 1 N–H and O–H groups in total. The van der Waals surface area contributed by atoms with Gasteiger partial charge in [-0.2, -0.15) is 0 Å². The number of carbonyl (C=O) groups excluding carboxylic acids is 1. The molecule has 1 heterocycles. The Bertz CT molecular complexity index is 691. The van der Waals surface area contributed by atoms with Crippen LogP contribution in [0.5, 0.6) is 0 Å². The Morgan fingerprint density at radius 1 is 1.08 bits per heavy atom. The second-order valence-corrected chi connectivity index (χ2v) is 6.40. The zero-order valence-electron chi connectivity index (χ0n) is 14.1. The summed E-state index contributed by atoms with van der Waals surface area (Å²) in [7, 11) is 0. The van der Waals surface area contributed by atoms with E-state index in [4.69, 9.17) is 0 Å². The normalized spacial score (nSPS) is 15.5. The smallest absolute Gasteiger partial charge is 0.254 e. The van der Waals surface area contributed by atoms with E-state index in [9.17, 15) is 9.18 Å². The Hall–Kier alpha value is -2.20. The molecule has 0 unspecified atom stereocenters. The van der Waals surface area contributed by atoms with Gasteiger partial charge in [-0.1, -0.05) is 37.3 Å². The molecule has 3 nitrogen and oxygen atoms in total. The van der Waals surface area contributed by atoms with E-state index in [1.54, 1.807) is 12.1 Å². The molecule has 4 heteroatoms. The summed E-state index contributed by atoms with van der Waals surface area (Å²) < 4.78 is 13.3. The number of benzene rings is 2. The van der Waals surface area contributed by atoms with Gasteiger partial charge in [0, 0.05) is 11.1 Å². The van der Waals surface area contributed by atoms with Gasteiger partial charge in [-0.05, 0) is 30.2 Å². The molecule has 1 aliphatic rings. The molecule has 126 valence electrons. The second-order valence-electron chi connectivity index (χ2n) is 6.40. The summed E-state index contributed by atoms with van der Waals surface area (Å²) in [6.45, 7) is 6.45. The minimum atomic E-state index is -0.361. The van der Waals surface area contributed by atoms with Gasteiger partial charge in [0.05, 0.1) is 26.2 Å². The first kappa shape index (κ1) is 16.7. The summed E-state index contributed by atoms with van der Waals surface area (Å²) in [5, 5.41) is 0. The van der Waals surface area contributed by atoms with Gasteiger partial charge in [-0.3, -0.25) is 4.79 Å². The monoisotopic (exact) mass is 327 g/mol. The number of quaternary nitrogens is 1. The number of hydrogen-bond acceptors (Lipinski definition) is 1. The van der Waals surface area contributed by atoms with Crippen LogP contribution in [0.3, 0.4) is 0 Å². The quantitative estimate of drug-likeness (QED) is 0.912. The Labute approximate surface area is 142 Å². The number of aryl methyl sites for hydroxylation is 1. The lowest BCUT2D eigenvalue weighted by molar-refractivity contribution is -0.917. The van der Waals surface area contributed by atoms with E-state index in [0.717, 1.165) is 39.1 Å². The molecule has 1 amide bonds. The summed E-state index contributed by atoms with van der Waals surface area (Å²) in [4.78, 5) is 15.8. The number of carbonyl (C=O) groups is 1. The summed E-state index contributed by atoms with van der Waals surface area (Å²) in [5.74, 6) is -0.429. The lowest BCUT2D eigenvalue weighted by Gasteiger charge is -2.32. The molecule has 1 fully saturated rings. The molecule has 2 aromatic carbocycles. The average Bonchev–Trinajstić information content (AvgIpc) is 2.62. The van der Waals surface area contributed by atoms with Gasteiger partial charge in [0.1, 0.15) is 12.4 Å². The standard InChI is InChI=1S/C20H23FN2O/c1-2-16-6-8-17(9-7-16)15-22-10-12-23(13-11-22)20(24)18-4-3-5-19(21)14-18/h3-9,14H,2,10-13,15H2,1H3/p+1. The molecular formula is C20H24FN2O+. The minimum Gasteiger partial charge on any atom is -0.328 e. The molecule has 0 aromatic heterocycles. The fourth-order valence-corrected chi connectivity index (χ4v) is 3.19. The van der Waals surface area contributed by atoms with Gasteiger partial charge in [0.2, 0.25) is 0 Å². The highest BCUT2D eigenvalue weighted by atomic mass is 19.1. The highest BCUT2D eigenvalue weighted by Crippen LogP contribution is 2.08. The van der Waals surface area contributed by atoms with E-state index in [-0.39, 0.29) is 11.7 Å². The Morgan fingerprint density at radius 3 is 2.38 bits per heavy atom. The van der Waals surface area contributed by atoms with Crippen molar-refractivity contribution in [2.75, 3.05) is 26.2 Å². The van der Waals surface area contributed by atoms with Crippen LogP contribution in [-0.2, 0) is 13.0 Å². The Morgan fingerprint density at radius 2 is 1.75 bits per heavy atom. The van der Waals surface area contributed by atoms with Crippen LogP contribution in [0.4, 0.5) is 4.39 Å². The van der Waals surface area contributed by atoms with E-state index in [2.05, 4.69) is 31.2 Å². The number of rotatable bonds is 4. The largest absolute Gasteiger partial charge is 0.328 e. The van der Waals surface area contributed by atoms with Gasteiger partial charge in [-0.25, -0.2) is 4.39 Å². The fourth-order valence-electron chi connectivity index (χ4n) is 3.19. The highest BCUT2D eigenvalue weighted by molar-refractivity contribution is 5.94. The van der Waals surface area contributed by atoms with Crippen LogP contribution in [-0.4, -0.2) is 37.0 Å². The van der Waals surface area contributed by atoms with Crippen molar-refractivity contribution in [1.29, 1.82) is 0 Å². The third-order valence-electron chi connectivity index (χ3n) is 4.71. The van der Waals surface area contributed by atoms with Crippen LogP contribution < -0.4 is 4.90 Å². The van der Waals surface area contributed by atoms with Crippen molar-refractivity contribution in [2.24, 2.45) is 0 Å². The molecule has 0 atom stereocenters. The molecule has 0 radical (unpaired) electrons. The number of piperazine rings is 1. The van der Waals surface area contributed by atoms with Crippen molar-refractivity contribution in [3.63, 3.8) is 0 Å². The van der Waals surface area contributed by atoms with Crippen molar-refractivity contribution in [3.8, 4) is 0 Å². The van der Waals surface area contributed by atoms with Crippen molar-refractivity contribution in [1.82, 2.24) is 4.90 Å². The SMILES string of the molecule is CCc1ccc(C[NH+]2CCN(C(=O)c3cccc(F)c3)CC2)cc1. The molecule has 2 aromatic rings. The molecule has 3 rings (SSSR count). The van der Waals surface area contributed by atoms with E-state index >= 15 is 0 Å². The highest BCUT2D eigenvalue weighted by Gasteiger charge is 2.24. The van der Waals surface area contributed by atoms with Gasteiger partial charge >= 0.3 is 0 Å². The molecule has 1 saturated heterocycles. The molecule has 0 aliphatic carbocycles. The Kier molecular flexibility index (Phi) is 5.26. The number of nitrogens with zero attached hydrogens (tertiary/aromatic N) is 1. The number of halogens is 1. The van der Waals surface area contributed by atoms with Crippen LogP contribution in [0.25, 0.3) is 0 Å². The van der Waals surface area contributed by atoms with Crippen LogP contribution in [0.2, 0.25) is 0 Å². The van der Waals surface area contributed by atoms with Gasteiger partial charge in [-0.15, -0.1) is 0 Å². The third-order valence-corrected chi connectivity index (χ3v) is 4.71. The summed E-state index contributed by atoms with van der Waals surface area (Å²) >= 11 is 0. The van der Waals surface area contributed by atoms with Crippen molar-refractivity contribution in [2.45, 2.75) is 19.9 Å². The zero-order chi connectivity index (χ0) is 16.9. The first-order chi connectivity index (χ1) is 11.7. The predicted octanol–water partition coefficient (Wildman–Crippen LogP) is 1.93. The van der Waals surface area contributed by atoms with Gasteiger partial charge < -0.3 is 9.80 Å². The topological polar surface area (TPSA) is 24.8 Å². The van der Waals surface area contributed by atoms with Crippen LogP contribution in [0.15, 0.2) is 48.5 Å². The van der Waals surface area contributed by atoms with Crippen LogP contribution >= 0.6 is 0 Å². The average molecular weight is 327 g/mol. The van der Waals surface area contributed by atoms with E-state index in [1.807, 2.05) is 4.90 Å². The first-order valence-corrected chi connectivity index (χ1v) is 8.62. The van der Waals surface area contributed by atoms with E-state index in [1.165, 1.54) is 28.2 Å². The zero-order valence-corrected chi connectivity index (χ0v) is 14.1. The lowest BCUT2D eigenvalue weighted by Crippen LogP contribution is -3.13. The summed E-state index contributed by atoms with van der Waals surface area (Å²) in [6, 6.07) is 14.7. The van der Waals surface area contributed by atoms with Gasteiger partial charge in [0.15, 0.2) is 0 Å². The maximum atomic E-state index is 13.3. The third kappa shape index (κ3) is 4.01. The predicted molar refractivity (Wildman–Crippen MR) is 92.5 cm³/mol. The minimum absolute atomic E-state index is 0.0687. The molecule has 1 aliphatic heterocycles. The summed E-state index contributed by atoms with van der Waals surface area (Å²) in [6.07, 6.45) is 1.06. The van der Waals surface area contributed by atoms with E-state index < -0.39 is 0 Å². The van der Waals surface area contributed by atoms with E-state index in [0.29, 0.717) is 5.56 Å². The van der Waals surface area contributed by atoms with Crippen molar-refractivity contribution >= 4 is 5.91 Å². The molecule has 0 bridgehead atoms.